The van der Waals surface area contributed by atoms with Crippen LogP contribution >= 0.6 is 0 Å². The summed E-state index contributed by atoms with van der Waals surface area (Å²) >= 11 is 0. The lowest BCUT2D eigenvalue weighted by atomic mass is 9.98. The van der Waals surface area contributed by atoms with Crippen LogP contribution < -0.4 is 10.6 Å². The maximum atomic E-state index is 11.8. The van der Waals surface area contributed by atoms with E-state index in [1.165, 1.54) is 0 Å². The highest BCUT2D eigenvalue weighted by molar-refractivity contribution is 5.68. The van der Waals surface area contributed by atoms with E-state index in [2.05, 4.69) is 10.6 Å². The highest BCUT2D eigenvalue weighted by Crippen LogP contribution is 2.16. The van der Waals surface area contributed by atoms with Gasteiger partial charge in [-0.05, 0) is 41.5 Å². The molecule has 9 heteroatoms. The average Bonchev–Trinajstić information content (AvgIpc) is 2.39. The molecule has 2 amide bonds. The van der Waals surface area contributed by atoms with Gasteiger partial charge in [0.05, 0.1) is 12.6 Å². The van der Waals surface area contributed by atoms with Crippen LogP contribution in [0.4, 0.5) is 9.59 Å². The van der Waals surface area contributed by atoms with E-state index in [-0.39, 0.29) is 13.2 Å². The number of amides is 2. The van der Waals surface area contributed by atoms with E-state index in [1.54, 1.807) is 41.5 Å². The van der Waals surface area contributed by atoms with Gasteiger partial charge in [-0.3, -0.25) is 0 Å². The summed E-state index contributed by atoms with van der Waals surface area (Å²) in [6, 6.07) is -0.817. The lowest BCUT2D eigenvalue weighted by Crippen LogP contribution is -2.61. The number of carbonyl (C=O) groups excluding carboxylic acids is 2. The molecule has 0 bridgehead atoms. The maximum Gasteiger partial charge on any atom is 0.408 e. The Balaban J connectivity index is 2.48. The summed E-state index contributed by atoms with van der Waals surface area (Å²) in [6.45, 7) is 10.3. The third kappa shape index (κ3) is 7.89. The standard InChI is InChI=1S/C16H30N2O7/c1-15(2,3)24-13(21)17-7-10-12(20)11(19)9(8-23-10)18-14(22)25-16(4,5)6/h9-12,19-20H,7-8H2,1-6H3,(H,17,21)(H,18,22)/t9-,10?,11+,12+/m0/s1. The first-order valence-corrected chi connectivity index (χ1v) is 8.22. The van der Waals surface area contributed by atoms with Crippen LogP contribution in [0.1, 0.15) is 41.5 Å². The third-order valence-electron chi connectivity index (χ3n) is 3.18. The van der Waals surface area contributed by atoms with Gasteiger partial charge < -0.3 is 35.1 Å². The number of hydrogen-bond acceptors (Lipinski definition) is 7. The zero-order valence-corrected chi connectivity index (χ0v) is 15.7. The summed E-state index contributed by atoms with van der Waals surface area (Å²) in [7, 11) is 0. The van der Waals surface area contributed by atoms with Crippen molar-refractivity contribution in [3.8, 4) is 0 Å². The van der Waals surface area contributed by atoms with Crippen molar-refractivity contribution in [3.63, 3.8) is 0 Å². The van der Waals surface area contributed by atoms with Crippen molar-refractivity contribution < 1.29 is 34.0 Å². The number of aliphatic hydroxyl groups is 2. The molecule has 9 nitrogen and oxygen atoms in total. The van der Waals surface area contributed by atoms with Gasteiger partial charge in [0.1, 0.15) is 29.5 Å². The first kappa shape index (κ1) is 21.5. The van der Waals surface area contributed by atoms with Gasteiger partial charge in [-0.1, -0.05) is 0 Å². The highest BCUT2D eigenvalue weighted by Gasteiger charge is 2.39. The zero-order chi connectivity index (χ0) is 19.4. The van der Waals surface area contributed by atoms with E-state index in [0.29, 0.717) is 0 Å². The van der Waals surface area contributed by atoms with Crippen molar-refractivity contribution in [2.75, 3.05) is 13.2 Å². The number of carbonyl (C=O) groups is 2. The van der Waals surface area contributed by atoms with Crippen LogP contribution in [-0.2, 0) is 14.2 Å². The summed E-state index contributed by atoms with van der Waals surface area (Å²) in [5, 5.41) is 25.2. The molecule has 1 unspecified atom stereocenters. The van der Waals surface area contributed by atoms with E-state index in [0.717, 1.165) is 0 Å². The van der Waals surface area contributed by atoms with E-state index >= 15 is 0 Å². The molecule has 0 aromatic carbocycles. The molecule has 1 fully saturated rings. The molecule has 4 N–H and O–H groups in total. The van der Waals surface area contributed by atoms with Gasteiger partial charge in [0, 0.05) is 6.54 Å². The Morgan fingerprint density at radius 2 is 1.52 bits per heavy atom. The molecule has 0 aromatic heterocycles. The normalized spacial score (nSPS) is 27.4. The Hall–Kier alpha value is -1.58. The van der Waals surface area contributed by atoms with Gasteiger partial charge in [0.25, 0.3) is 0 Å². The molecule has 1 aliphatic heterocycles. The van der Waals surface area contributed by atoms with Crippen molar-refractivity contribution in [1.82, 2.24) is 10.6 Å². The molecule has 0 aliphatic carbocycles. The molecule has 0 saturated carbocycles. The summed E-state index contributed by atoms with van der Waals surface area (Å²) < 4.78 is 15.6. The van der Waals surface area contributed by atoms with Crippen LogP contribution in [0.25, 0.3) is 0 Å². The van der Waals surface area contributed by atoms with Crippen LogP contribution in [0.2, 0.25) is 0 Å². The van der Waals surface area contributed by atoms with Crippen molar-refractivity contribution >= 4 is 12.2 Å². The number of alkyl carbamates (subject to hydrolysis) is 2. The smallest absolute Gasteiger partial charge is 0.408 e. The third-order valence-corrected chi connectivity index (χ3v) is 3.18. The van der Waals surface area contributed by atoms with Crippen LogP contribution in [0.3, 0.4) is 0 Å². The highest BCUT2D eigenvalue weighted by atomic mass is 16.6. The number of ether oxygens (including phenoxy) is 3. The molecule has 0 spiro atoms. The molecule has 1 saturated heterocycles. The Bertz CT molecular complexity index is 468. The van der Waals surface area contributed by atoms with Gasteiger partial charge in [-0.2, -0.15) is 0 Å². The molecule has 146 valence electrons. The molecule has 25 heavy (non-hydrogen) atoms. The number of rotatable bonds is 3. The van der Waals surface area contributed by atoms with Crippen molar-refractivity contribution in [1.29, 1.82) is 0 Å². The van der Waals surface area contributed by atoms with Gasteiger partial charge in [-0.15, -0.1) is 0 Å². The van der Waals surface area contributed by atoms with E-state index in [4.69, 9.17) is 14.2 Å². The van der Waals surface area contributed by atoms with Crippen molar-refractivity contribution in [3.05, 3.63) is 0 Å². The molecule has 1 aliphatic rings. The van der Waals surface area contributed by atoms with Crippen molar-refractivity contribution in [2.24, 2.45) is 0 Å². The van der Waals surface area contributed by atoms with E-state index in [1.807, 2.05) is 0 Å². The lowest BCUT2D eigenvalue weighted by Gasteiger charge is -2.38. The predicted molar refractivity (Wildman–Crippen MR) is 89.1 cm³/mol. The molecule has 0 aromatic rings. The largest absolute Gasteiger partial charge is 0.444 e. The minimum absolute atomic E-state index is 0.0296. The van der Waals surface area contributed by atoms with E-state index < -0.39 is 47.7 Å². The fraction of sp³-hybridized carbons (Fsp3) is 0.875. The maximum absolute atomic E-state index is 11.8. The van der Waals surface area contributed by atoms with Gasteiger partial charge in [0.15, 0.2) is 0 Å². The second-order valence-electron chi connectivity index (χ2n) is 7.99. The Morgan fingerprint density at radius 3 is 2.04 bits per heavy atom. The number of aliphatic hydroxyl groups excluding tert-OH is 2. The molecule has 1 rings (SSSR count). The van der Waals surface area contributed by atoms with Crippen molar-refractivity contribution in [2.45, 2.75) is 77.1 Å². The monoisotopic (exact) mass is 362 g/mol. The fourth-order valence-electron chi connectivity index (χ4n) is 2.15. The SMILES string of the molecule is CC(C)(C)OC(=O)NCC1OC[C@H](NC(=O)OC(C)(C)C)[C@@H](O)[C@@H]1O. The predicted octanol–water partition coefficient (Wildman–Crippen LogP) is 0.525. The van der Waals surface area contributed by atoms with Crippen LogP contribution in [0, 0.1) is 0 Å². The average molecular weight is 362 g/mol. The second kappa shape index (κ2) is 8.20. The topological polar surface area (TPSA) is 126 Å². The summed E-state index contributed by atoms with van der Waals surface area (Å²) in [5.74, 6) is 0. The number of hydrogen-bond donors (Lipinski definition) is 4. The molecule has 4 atom stereocenters. The molecule has 0 radical (unpaired) electrons. The minimum atomic E-state index is -1.29. The van der Waals surface area contributed by atoms with Gasteiger partial charge >= 0.3 is 12.2 Å². The molecule has 1 heterocycles. The summed E-state index contributed by atoms with van der Waals surface area (Å²) in [6.07, 6.45) is -4.72. The van der Waals surface area contributed by atoms with Gasteiger partial charge in [-0.25, -0.2) is 9.59 Å². The summed E-state index contributed by atoms with van der Waals surface area (Å²) in [4.78, 5) is 23.4. The zero-order valence-electron chi connectivity index (χ0n) is 15.7. The van der Waals surface area contributed by atoms with Gasteiger partial charge in [0.2, 0.25) is 0 Å². The molecular weight excluding hydrogens is 332 g/mol. The summed E-state index contributed by atoms with van der Waals surface area (Å²) in [5.41, 5.74) is -1.32. The Labute approximate surface area is 148 Å². The van der Waals surface area contributed by atoms with Crippen LogP contribution in [0.5, 0.6) is 0 Å². The first-order valence-electron chi connectivity index (χ1n) is 8.22. The Morgan fingerprint density at radius 1 is 1.00 bits per heavy atom. The van der Waals surface area contributed by atoms with E-state index in [9.17, 15) is 19.8 Å². The molecular formula is C16H30N2O7. The lowest BCUT2D eigenvalue weighted by molar-refractivity contribution is -0.147. The quantitative estimate of drug-likeness (QED) is 0.577. The number of nitrogens with one attached hydrogen (secondary N) is 2. The minimum Gasteiger partial charge on any atom is -0.444 e. The Kier molecular flexibility index (Phi) is 7.04. The second-order valence-corrected chi connectivity index (χ2v) is 7.99. The van der Waals surface area contributed by atoms with Crippen LogP contribution in [-0.4, -0.2) is 71.1 Å². The van der Waals surface area contributed by atoms with Crippen LogP contribution in [0.15, 0.2) is 0 Å². The first-order chi connectivity index (χ1) is 11.3. The fourth-order valence-corrected chi connectivity index (χ4v) is 2.15.